The van der Waals surface area contributed by atoms with Crippen LogP contribution in [0, 0.1) is 5.41 Å². The Hall–Kier alpha value is -0.910. The van der Waals surface area contributed by atoms with E-state index in [1.807, 2.05) is 6.92 Å². The lowest BCUT2D eigenvalue weighted by Crippen LogP contribution is -2.45. The third-order valence-corrected chi connectivity index (χ3v) is 7.81. The first kappa shape index (κ1) is 27.1. The van der Waals surface area contributed by atoms with E-state index < -0.39 is 22.2 Å². The van der Waals surface area contributed by atoms with Gasteiger partial charge in [-0.15, -0.1) is 0 Å². The summed E-state index contributed by atoms with van der Waals surface area (Å²) in [5.41, 5.74) is 0.282. The number of carboxylic acids is 1. The lowest BCUT2D eigenvalue weighted by Gasteiger charge is -2.39. The molecule has 0 saturated carbocycles. The van der Waals surface area contributed by atoms with Crippen molar-refractivity contribution < 1.29 is 36.2 Å². The normalized spacial score (nSPS) is 22.9. The van der Waals surface area contributed by atoms with Crippen LogP contribution in [0.5, 0.6) is 0 Å². The van der Waals surface area contributed by atoms with Crippen LogP contribution in [-0.2, 0) is 19.6 Å². The Morgan fingerprint density at radius 3 is 2.20 bits per heavy atom. The third-order valence-electron chi connectivity index (χ3n) is 5.85. The molecule has 0 aromatic carbocycles. The number of unbranched alkanes of at least 4 members (excludes halogenated alkanes) is 1. The van der Waals surface area contributed by atoms with Gasteiger partial charge in [0.2, 0.25) is 10.0 Å². The van der Waals surface area contributed by atoms with Gasteiger partial charge in [-0.05, 0) is 44.9 Å². The zero-order valence-electron chi connectivity index (χ0n) is 18.2. The van der Waals surface area contributed by atoms with Gasteiger partial charge in [0.15, 0.2) is 0 Å². The van der Waals surface area contributed by atoms with Crippen molar-refractivity contribution in [1.29, 1.82) is 0 Å². The number of alkyl halides is 3. The predicted octanol–water partition coefficient (Wildman–Crippen LogP) is 2.96. The minimum atomic E-state index is -5.08. The first-order chi connectivity index (χ1) is 13.8. The molecule has 11 heteroatoms. The van der Waals surface area contributed by atoms with E-state index in [1.165, 1.54) is 0 Å². The zero-order valence-corrected chi connectivity index (χ0v) is 19.1. The van der Waals surface area contributed by atoms with E-state index >= 15 is 0 Å². The first-order valence-electron chi connectivity index (χ1n) is 10.3. The van der Waals surface area contributed by atoms with Gasteiger partial charge in [-0.2, -0.15) is 13.2 Å². The molecule has 0 radical (unpaired) electrons. The molecule has 1 N–H and O–H groups in total. The molecule has 2 rings (SSSR count). The highest BCUT2D eigenvalue weighted by molar-refractivity contribution is 7.89. The quantitative estimate of drug-likeness (QED) is 0.629. The van der Waals surface area contributed by atoms with Gasteiger partial charge in [0.25, 0.3) is 0 Å². The highest BCUT2D eigenvalue weighted by atomic mass is 32.2. The summed E-state index contributed by atoms with van der Waals surface area (Å²) in [6, 6.07) is 0.990. The number of hydrogen-bond acceptors (Lipinski definition) is 5. The molecule has 0 aromatic rings. The Kier molecular flexibility index (Phi) is 10.0. The van der Waals surface area contributed by atoms with E-state index in [0.29, 0.717) is 30.9 Å². The van der Waals surface area contributed by atoms with E-state index in [2.05, 4.69) is 18.7 Å². The molecule has 2 saturated heterocycles. The average Bonchev–Trinajstić information content (AvgIpc) is 2.98. The summed E-state index contributed by atoms with van der Waals surface area (Å²) in [5, 5.41) is 7.12. The summed E-state index contributed by atoms with van der Waals surface area (Å²) in [7, 11) is -1.28. The number of halogens is 3. The number of rotatable bonds is 7. The molecule has 178 valence electrons. The first-order valence-corrected chi connectivity index (χ1v) is 11.9. The van der Waals surface area contributed by atoms with Crippen molar-refractivity contribution in [3.8, 4) is 0 Å². The molecule has 7 nitrogen and oxygen atoms in total. The molecule has 0 amide bonds. The molecule has 0 aromatic heterocycles. The SMILES string of the molecule is CCCCS(=O)(=O)N1CCC2(CC1)CC(COC)N(C(C)C)C2.O=C(O)C(F)(F)F. The Morgan fingerprint density at radius 1 is 1.27 bits per heavy atom. The molecule has 0 bridgehead atoms. The molecule has 2 aliphatic rings. The van der Waals surface area contributed by atoms with Gasteiger partial charge in [-0.1, -0.05) is 13.3 Å². The number of methoxy groups -OCH3 is 1. The summed E-state index contributed by atoms with van der Waals surface area (Å²) in [6.07, 6.45) is -0.272. The highest BCUT2D eigenvalue weighted by Crippen LogP contribution is 2.44. The standard InChI is InChI=1S/C17H34N2O3S.C2HF3O2/c1-5-6-11-23(20,21)18-9-7-17(8-10-18)12-16(13-22-4)19(14-17)15(2)3;3-2(4,5)1(6)7/h15-16H,5-14H2,1-4H3;(H,6,7). The second kappa shape index (κ2) is 11.1. The van der Waals surface area contributed by atoms with Crippen molar-refractivity contribution in [3.63, 3.8) is 0 Å². The number of piperidine rings is 1. The largest absolute Gasteiger partial charge is 0.490 e. The molecule has 1 atom stereocenters. The van der Waals surface area contributed by atoms with E-state index in [9.17, 15) is 21.6 Å². The van der Waals surface area contributed by atoms with Crippen LogP contribution in [-0.4, -0.2) is 86.1 Å². The van der Waals surface area contributed by atoms with E-state index in [0.717, 1.165) is 45.3 Å². The molecule has 2 fully saturated rings. The van der Waals surface area contributed by atoms with E-state index in [4.69, 9.17) is 14.6 Å². The number of nitrogens with zero attached hydrogens (tertiary/aromatic N) is 2. The number of aliphatic carboxylic acids is 1. The number of carboxylic acid groups (broad SMARTS) is 1. The van der Waals surface area contributed by atoms with Crippen molar-refractivity contribution in [3.05, 3.63) is 0 Å². The molecular formula is C19H35F3N2O5S. The Bertz CT molecular complexity index is 647. The number of likely N-dealkylation sites (tertiary alicyclic amines) is 1. The predicted molar refractivity (Wildman–Crippen MR) is 108 cm³/mol. The summed E-state index contributed by atoms with van der Waals surface area (Å²) in [6.45, 7) is 9.77. The van der Waals surface area contributed by atoms with Gasteiger partial charge in [-0.25, -0.2) is 17.5 Å². The Morgan fingerprint density at radius 2 is 1.80 bits per heavy atom. The van der Waals surface area contributed by atoms with Crippen LogP contribution in [0.2, 0.25) is 0 Å². The number of ether oxygens (including phenoxy) is 1. The molecule has 2 heterocycles. The van der Waals surface area contributed by atoms with Gasteiger partial charge >= 0.3 is 12.1 Å². The molecule has 2 aliphatic heterocycles. The van der Waals surface area contributed by atoms with Crippen LogP contribution in [0.25, 0.3) is 0 Å². The maximum atomic E-state index is 12.4. The average molecular weight is 461 g/mol. The van der Waals surface area contributed by atoms with Gasteiger partial charge in [0.1, 0.15) is 0 Å². The monoisotopic (exact) mass is 460 g/mol. The lowest BCUT2D eigenvalue weighted by atomic mass is 9.77. The second-order valence-electron chi connectivity index (χ2n) is 8.45. The van der Waals surface area contributed by atoms with Gasteiger partial charge in [0, 0.05) is 38.8 Å². The smallest absolute Gasteiger partial charge is 0.475 e. The maximum absolute atomic E-state index is 12.4. The fraction of sp³-hybridized carbons (Fsp3) is 0.947. The third kappa shape index (κ3) is 7.65. The van der Waals surface area contributed by atoms with Crippen LogP contribution < -0.4 is 0 Å². The second-order valence-corrected chi connectivity index (χ2v) is 10.5. The fourth-order valence-electron chi connectivity index (χ4n) is 4.21. The van der Waals surface area contributed by atoms with Gasteiger partial charge < -0.3 is 9.84 Å². The van der Waals surface area contributed by atoms with Crippen LogP contribution in [0.1, 0.15) is 52.9 Å². The van der Waals surface area contributed by atoms with Crippen LogP contribution in [0.15, 0.2) is 0 Å². The maximum Gasteiger partial charge on any atom is 0.490 e. The van der Waals surface area contributed by atoms with Gasteiger partial charge in [0.05, 0.1) is 12.4 Å². The van der Waals surface area contributed by atoms with E-state index in [1.54, 1.807) is 11.4 Å². The van der Waals surface area contributed by atoms with Crippen molar-refractivity contribution in [2.45, 2.75) is 71.1 Å². The summed E-state index contributed by atoms with van der Waals surface area (Å²) >= 11 is 0. The molecule has 0 aliphatic carbocycles. The molecule has 30 heavy (non-hydrogen) atoms. The zero-order chi connectivity index (χ0) is 23.2. The van der Waals surface area contributed by atoms with Crippen molar-refractivity contribution in [2.24, 2.45) is 5.41 Å². The summed E-state index contributed by atoms with van der Waals surface area (Å²) < 4.78 is 63.6. The van der Waals surface area contributed by atoms with Crippen molar-refractivity contribution in [2.75, 3.05) is 39.1 Å². The number of carbonyl (C=O) groups is 1. The topological polar surface area (TPSA) is 87.2 Å². The molecule has 1 unspecified atom stereocenters. The Balaban J connectivity index is 0.000000553. The van der Waals surface area contributed by atoms with E-state index in [-0.39, 0.29) is 5.41 Å². The van der Waals surface area contributed by atoms with Crippen LogP contribution in [0.3, 0.4) is 0 Å². The van der Waals surface area contributed by atoms with Crippen molar-refractivity contribution >= 4 is 16.0 Å². The summed E-state index contributed by atoms with van der Waals surface area (Å²) in [5.74, 6) is -2.45. The number of sulfonamides is 1. The van der Waals surface area contributed by atoms with Crippen LogP contribution >= 0.6 is 0 Å². The summed E-state index contributed by atoms with van der Waals surface area (Å²) in [4.78, 5) is 11.4. The van der Waals surface area contributed by atoms with Crippen molar-refractivity contribution in [1.82, 2.24) is 9.21 Å². The molecule has 1 spiro atoms. The lowest BCUT2D eigenvalue weighted by molar-refractivity contribution is -0.192. The van der Waals surface area contributed by atoms with Crippen LogP contribution in [0.4, 0.5) is 13.2 Å². The minimum absolute atomic E-state index is 0.282. The highest BCUT2D eigenvalue weighted by Gasteiger charge is 2.47. The Labute approximate surface area is 177 Å². The van der Waals surface area contributed by atoms with Gasteiger partial charge in [-0.3, -0.25) is 4.90 Å². The number of hydrogen-bond donors (Lipinski definition) is 1. The molecular weight excluding hydrogens is 425 g/mol. The fourth-order valence-corrected chi connectivity index (χ4v) is 5.86. The minimum Gasteiger partial charge on any atom is -0.475 e.